The minimum Gasteiger partial charge on any atom is -0.480 e. The number of carboxylic acid groups (broad SMARTS) is 1. The molecule has 1 aromatic carbocycles. The molecule has 0 heterocycles. The first-order valence-corrected chi connectivity index (χ1v) is 12.8. The maximum Gasteiger partial charge on any atom is 0.326 e. The lowest BCUT2D eigenvalue weighted by Crippen LogP contribution is -2.55. The molecule has 12 heteroatoms. The number of aliphatic carboxylic acids is 1. The fraction of sp³-hybridized carbons (Fsp3) is 0.577. The van der Waals surface area contributed by atoms with Gasteiger partial charge in [-0.05, 0) is 50.6 Å². The molecule has 0 aromatic heterocycles. The molecule has 1 rings (SSSR count). The lowest BCUT2D eigenvalue weighted by Gasteiger charge is -2.23. The number of hydrogen-bond acceptors (Lipinski definition) is 7. The molecule has 12 nitrogen and oxygen atoms in total. The van der Waals surface area contributed by atoms with Gasteiger partial charge in [0.2, 0.25) is 23.6 Å². The van der Waals surface area contributed by atoms with E-state index in [4.69, 9.17) is 11.5 Å². The molecule has 0 saturated heterocycles. The summed E-state index contributed by atoms with van der Waals surface area (Å²) >= 11 is 0. The van der Waals surface area contributed by atoms with E-state index < -0.39 is 60.3 Å². The van der Waals surface area contributed by atoms with Crippen LogP contribution in [0.1, 0.15) is 52.0 Å². The Kier molecular flexibility index (Phi) is 14.6. The van der Waals surface area contributed by atoms with Gasteiger partial charge in [-0.25, -0.2) is 4.79 Å². The van der Waals surface area contributed by atoms with E-state index in [9.17, 15) is 29.1 Å². The van der Waals surface area contributed by atoms with Gasteiger partial charge in [-0.15, -0.1) is 0 Å². The summed E-state index contributed by atoms with van der Waals surface area (Å²) in [4.78, 5) is 62.1. The Hall–Kier alpha value is -3.51. The maximum atomic E-state index is 12.9. The van der Waals surface area contributed by atoms with Gasteiger partial charge in [-0.2, -0.15) is 0 Å². The molecule has 1 aromatic rings. The van der Waals surface area contributed by atoms with Crippen LogP contribution < -0.4 is 32.7 Å². The van der Waals surface area contributed by atoms with Crippen LogP contribution in [0.15, 0.2) is 30.3 Å². The third-order valence-electron chi connectivity index (χ3n) is 5.67. The van der Waals surface area contributed by atoms with Gasteiger partial charge in [-0.1, -0.05) is 44.2 Å². The Morgan fingerprint density at radius 3 is 2.03 bits per heavy atom. The largest absolute Gasteiger partial charge is 0.480 e. The quantitative estimate of drug-likeness (QED) is 0.128. The van der Waals surface area contributed by atoms with Crippen molar-refractivity contribution in [2.75, 3.05) is 13.1 Å². The normalized spacial score (nSPS) is 14.1. The van der Waals surface area contributed by atoms with Crippen LogP contribution >= 0.6 is 0 Å². The van der Waals surface area contributed by atoms with Crippen molar-refractivity contribution in [3.8, 4) is 0 Å². The number of carboxylic acids is 1. The zero-order valence-corrected chi connectivity index (χ0v) is 22.4. The van der Waals surface area contributed by atoms with E-state index in [0.29, 0.717) is 19.4 Å². The van der Waals surface area contributed by atoms with E-state index in [-0.39, 0.29) is 25.2 Å². The number of hydrogen-bond donors (Lipinski definition) is 7. The Bertz CT molecular complexity index is 924. The van der Waals surface area contributed by atoms with Crippen LogP contribution in [0.25, 0.3) is 0 Å². The van der Waals surface area contributed by atoms with Crippen molar-refractivity contribution < 1.29 is 29.1 Å². The second-order valence-corrected chi connectivity index (χ2v) is 9.69. The minimum atomic E-state index is -1.16. The molecule has 0 bridgehead atoms. The standard InChI is InChI=1S/C26H42N6O6/c1-16(2)13-21(26(37)38)32-25(36)19(11-7-8-12-27)30-22(33)15-29-24(35)20(31-23(34)17(3)28)14-18-9-5-4-6-10-18/h4-6,9-10,16-17,19-21H,7-8,11-15,27-28H2,1-3H3,(H,29,35)(H,30,33)(H,31,34)(H,32,36)(H,37,38)/t17-,19-,20-,21-/m0/s1. The zero-order valence-electron chi connectivity index (χ0n) is 22.4. The lowest BCUT2D eigenvalue weighted by atomic mass is 10.0. The van der Waals surface area contributed by atoms with Crippen LogP contribution in [0.2, 0.25) is 0 Å². The molecule has 0 unspecified atom stereocenters. The summed E-state index contributed by atoms with van der Waals surface area (Å²) in [6, 6.07) is 5.14. The summed E-state index contributed by atoms with van der Waals surface area (Å²) in [5.41, 5.74) is 12.0. The van der Waals surface area contributed by atoms with Crippen LogP contribution in [-0.2, 0) is 30.4 Å². The number of carbonyl (C=O) groups excluding carboxylic acids is 4. The highest BCUT2D eigenvalue weighted by Gasteiger charge is 2.28. The highest BCUT2D eigenvalue weighted by Crippen LogP contribution is 2.08. The summed E-state index contributed by atoms with van der Waals surface area (Å²) in [7, 11) is 0. The lowest BCUT2D eigenvalue weighted by molar-refractivity contribution is -0.142. The molecular weight excluding hydrogens is 492 g/mol. The molecule has 4 amide bonds. The van der Waals surface area contributed by atoms with Crippen molar-refractivity contribution in [3.63, 3.8) is 0 Å². The Morgan fingerprint density at radius 2 is 1.47 bits per heavy atom. The first-order chi connectivity index (χ1) is 17.9. The smallest absolute Gasteiger partial charge is 0.326 e. The van der Waals surface area contributed by atoms with Gasteiger partial charge in [-0.3, -0.25) is 19.2 Å². The van der Waals surface area contributed by atoms with Crippen LogP contribution in [0.5, 0.6) is 0 Å². The van der Waals surface area contributed by atoms with Crippen molar-refractivity contribution in [3.05, 3.63) is 35.9 Å². The van der Waals surface area contributed by atoms with Crippen LogP contribution in [-0.4, -0.2) is 72.0 Å². The average molecular weight is 535 g/mol. The molecule has 0 aliphatic rings. The van der Waals surface area contributed by atoms with Crippen LogP contribution in [0.4, 0.5) is 0 Å². The summed E-state index contributed by atoms with van der Waals surface area (Å²) in [6.07, 6.45) is 1.81. The Labute approximate surface area is 223 Å². The van der Waals surface area contributed by atoms with E-state index in [1.54, 1.807) is 24.3 Å². The number of carbonyl (C=O) groups is 5. The Morgan fingerprint density at radius 1 is 0.842 bits per heavy atom. The summed E-state index contributed by atoms with van der Waals surface area (Å²) in [5, 5.41) is 19.6. The van der Waals surface area contributed by atoms with Crippen molar-refractivity contribution in [2.24, 2.45) is 17.4 Å². The second-order valence-electron chi connectivity index (χ2n) is 9.69. The fourth-order valence-electron chi connectivity index (χ4n) is 3.63. The first kappa shape index (κ1) is 32.5. The zero-order chi connectivity index (χ0) is 28.7. The van der Waals surface area contributed by atoms with Crippen molar-refractivity contribution >= 4 is 29.6 Å². The molecule has 0 aliphatic carbocycles. The number of nitrogens with one attached hydrogen (secondary N) is 4. The third kappa shape index (κ3) is 12.6. The van der Waals surface area contributed by atoms with E-state index in [1.807, 2.05) is 19.9 Å². The molecule has 4 atom stereocenters. The highest BCUT2D eigenvalue weighted by atomic mass is 16.4. The van der Waals surface area contributed by atoms with Crippen molar-refractivity contribution in [2.45, 2.75) is 77.0 Å². The third-order valence-corrected chi connectivity index (χ3v) is 5.67. The minimum absolute atomic E-state index is 0.0310. The van der Waals surface area contributed by atoms with Crippen molar-refractivity contribution in [1.82, 2.24) is 21.3 Å². The topological polar surface area (TPSA) is 206 Å². The SMILES string of the molecule is CC(C)C[C@H](NC(=O)[C@H](CCCCN)NC(=O)CNC(=O)[C@H](Cc1ccccc1)NC(=O)[C@H](C)N)C(=O)O. The van der Waals surface area contributed by atoms with Gasteiger partial charge < -0.3 is 37.8 Å². The average Bonchev–Trinajstić information content (AvgIpc) is 2.86. The second kappa shape index (κ2) is 17.1. The summed E-state index contributed by atoms with van der Waals surface area (Å²) in [6.45, 7) is 5.12. The molecule has 212 valence electrons. The van der Waals surface area contributed by atoms with Gasteiger partial charge in [0.25, 0.3) is 0 Å². The summed E-state index contributed by atoms with van der Waals surface area (Å²) in [5.74, 6) is -3.51. The summed E-state index contributed by atoms with van der Waals surface area (Å²) < 4.78 is 0. The molecule has 0 fully saturated rings. The van der Waals surface area contributed by atoms with Crippen LogP contribution in [0, 0.1) is 5.92 Å². The number of nitrogens with two attached hydrogens (primary N) is 2. The maximum absolute atomic E-state index is 12.9. The Balaban J connectivity index is 2.84. The molecule has 38 heavy (non-hydrogen) atoms. The molecule has 0 saturated carbocycles. The molecule has 0 aliphatic heterocycles. The van der Waals surface area contributed by atoms with E-state index >= 15 is 0 Å². The predicted octanol–water partition coefficient (Wildman–Crippen LogP) is -0.593. The molecular formula is C26H42N6O6. The molecule has 0 radical (unpaired) electrons. The van der Waals surface area contributed by atoms with E-state index in [0.717, 1.165) is 5.56 Å². The monoisotopic (exact) mass is 534 g/mol. The van der Waals surface area contributed by atoms with Gasteiger partial charge in [0.05, 0.1) is 12.6 Å². The number of unbranched alkanes of at least 4 members (excludes halogenated alkanes) is 1. The fourth-order valence-corrected chi connectivity index (χ4v) is 3.63. The van der Waals surface area contributed by atoms with Gasteiger partial charge in [0, 0.05) is 6.42 Å². The van der Waals surface area contributed by atoms with Gasteiger partial charge in [0.1, 0.15) is 18.1 Å². The van der Waals surface area contributed by atoms with E-state index in [1.165, 1.54) is 6.92 Å². The number of rotatable bonds is 17. The van der Waals surface area contributed by atoms with Crippen molar-refractivity contribution in [1.29, 1.82) is 0 Å². The van der Waals surface area contributed by atoms with E-state index in [2.05, 4.69) is 21.3 Å². The highest BCUT2D eigenvalue weighted by molar-refractivity contribution is 5.94. The van der Waals surface area contributed by atoms with Gasteiger partial charge >= 0.3 is 5.97 Å². The number of benzene rings is 1. The van der Waals surface area contributed by atoms with Gasteiger partial charge in [0.15, 0.2) is 0 Å². The number of amides is 4. The van der Waals surface area contributed by atoms with Crippen LogP contribution in [0.3, 0.4) is 0 Å². The molecule has 0 spiro atoms. The first-order valence-electron chi connectivity index (χ1n) is 12.8. The predicted molar refractivity (Wildman–Crippen MR) is 143 cm³/mol. The molecule has 9 N–H and O–H groups in total.